The molecular weight excluding hydrogens is 250 g/mol. The number of nitrogens with one attached hydrogen (secondary N) is 1. The first-order valence-corrected chi connectivity index (χ1v) is 6.37. The normalized spacial score (nSPS) is 19.5. The van der Waals surface area contributed by atoms with E-state index in [0.29, 0.717) is 32.1 Å². The van der Waals surface area contributed by atoms with E-state index in [1.54, 1.807) is 0 Å². The minimum Gasteiger partial charge on any atom is -0.477 e. The largest absolute Gasteiger partial charge is 0.477 e. The van der Waals surface area contributed by atoms with E-state index in [4.69, 9.17) is 4.74 Å². The molecule has 0 bridgehead atoms. The molecule has 2 heterocycles. The second-order valence-electron chi connectivity index (χ2n) is 4.83. The van der Waals surface area contributed by atoms with Crippen LogP contribution in [0.3, 0.4) is 0 Å². The second-order valence-corrected chi connectivity index (χ2v) is 4.83. The maximum absolute atomic E-state index is 11.9. The van der Waals surface area contributed by atoms with E-state index in [9.17, 15) is 14.7 Å². The van der Waals surface area contributed by atoms with Crippen molar-refractivity contribution in [2.45, 2.75) is 18.8 Å². The average molecular weight is 265 g/mol. The predicted molar refractivity (Wildman–Crippen MR) is 66.8 cm³/mol. The monoisotopic (exact) mass is 265 g/mol. The van der Waals surface area contributed by atoms with Gasteiger partial charge in [0, 0.05) is 19.0 Å². The van der Waals surface area contributed by atoms with Crippen molar-refractivity contribution >= 4 is 11.8 Å². The van der Waals surface area contributed by atoms with E-state index in [1.165, 1.54) is 0 Å². The molecule has 2 N–H and O–H groups in total. The maximum Gasteiger partial charge on any atom is 0.345 e. The summed E-state index contributed by atoms with van der Waals surface area (Å²) in [6.45, 7) is 2.15. The molecule has 3 rings (SSSR count). The van der Waals surface area contributed by atoms with Crippen LogP contribution in [0.2, 0.25) is 0 Å². The fraction of sp³-hybridized carbons (Fsp3) is 0.583. The van der Waals surface area contributed by atoms with Crippen LogP contribution in [0.1, 0.15) is 34.9 Å². The zero-order valence-electron chi connectivity index (χ0n) is 10.4. The number of anilines is 1. The van der Waals surface area contributed by atoms with Gasteiger partial charge < -0.3 is 19.7 Å². The fourth-order valence-corrected chi connectivity index (χ4v) is 2.23. The number of aromatic nitrogens is 2. The predicted octanol–water partition coefficient (Wildman–Crippen LogP) is 0.182. The Morgan fingerprint density at radius 1 is 1.37 bits per heavy atom. The number of aromatic amines is 1. The van der Waals surface area contributed by atoms with Crippen LogP contribution in [0.25, 0.3) is 0 Å². The third kappa shape index (κ3) is 2.33. The lowest BCUT2D eigenvalue weighted by Crippen LogP contribution is -2.39. The first-order chi connectivity index (χ1) is 9.16. The summed E-state index contributed by atoms with van der Waals surface area (Å²) in [6.07, 6.45) is 2.00. The fourth-order valence-electron chi connectivity index (χ4n) is 2.23. The summed E-state index contributed by atoms with van der Waals surface area (Å²) < 4.78 is 5.24. The minimum absolute atomic E-state index is 0.272. The molecular formula is C12H15N3O4. The number of hydrogen-bond acceptors (Lipinski definition) is 5. The second kappa shape index (κ2) is 4.65. The van der Waals surface area contributed by atoms with Crippen LogP contribution in [-0.4, -0.2) is 47.3 Å². The van der Waals surface area contributed by atoms with Crippen molar-refractivity contribution in [2.75, 3.05) is 31.2 Å². The lowest BCUT2D eigenvalue weighted by atomic mass is 10.2. The minimum atomic E-state index is -1.24. The number of hydrogen-bond donors (Lipinski definition) is 2. The SMILES string of the molecule is O=C(O)c1c(N2CCOCC2)nc(C2CC2)[nH]c1=O. The number of carboxylic acids is 1. The summed E-state index contributed by atoms with van der Waals surface area (Å²) in [7, 11) is 0. The van der Waals surface area contributed by atoms with Crippen molar-refractivity contribution in [3.05, 3.63) is 21.7 Å². The van der Waals surface area contributed by atoms with E-state index in [2.05, 4.69) is 9.97 Å². The van der Waals surface area contributed by atoms with Crippen molar-refractivity contribution in [2.24, 2.45) is 0 Å². The van der Waals surface area contributed by atoms with E-state index >= 15 is 0 Å². The summed E-state index contributed by atoms with van der Waals surface area (Å²) in [4.78, 5) is 32.0. The van der Waals surface area contributed by atoms with Gasteiger partial charge in [0.2, 0.25) is 0 Å². The van der Waals surface area contributed by atoms with Gasteiger partial charge in [0.15, 0.2) is 11.4 Å². The molecule has 1 aromatic heterocycles. The number of carboxylic acid groups (broad SMARTS) is 1. The van der Waals surface area contributed by atoms with E-state index in [1.807, 2.05) is 4.90 Å². The van der Waals surface area contributed by atoms with E-state index in [-0.39, 0.29) is 17.3 Å². The molecule has 1 aliphatic heterocycles. The van der Waals surface area contributed by atoms with Crippen LogP contribution >= 0.6 is 0 Å². The van der Waals surface area contributed by atoms with E-state index < -0.39 is 11.5 Å². The molecule has 1 aromatic rings. The van der Waals surface area contributed by atoms with Gasteiger partial charge in [-0.2, -0.15) is 0 Å². The number of aromatic carboxylic acids is 1. The van der Waals surface area contributed by atoms with Gasteiger partial charge in [0.25, 0.3) is 5.56 Å². The van der Waals surface area contributed by atoms with Crippen LogP contribution < -0.4 is 10.5 Å². The molecule has 0 amide bonds. The van der Waals surface area contributed by atoms with Crippen molar-refractivity contribution in [1.82, 2.24) is 9.97 Å². The van der Waals surface area contributed by atoms with Crippen LogP contribution in [0.5, 0.6) is 0 Å². The molecule has 19 heavy (non-hydrogen) atoms. The zero-order valence-corrected chi connectivity index (χ0v) is 10.4. The molecule has 7 nitrogen and oxygen atoms in total. The molecule has 1 saturated carbocycles. The third-order valence-electron chi connectivity index (χ3n) is 3.41. The lowest BCUT2D eigenvalue weighted by molar-refractivity contribution is 0.0693. The Balaban J connectivity index is 2.07. The molecule has 0 atom stereocenters. The third-order valence-corrected chi connectivity index (χ3v) is 3.41. The summed E-state index contributed by atoms with van der Waals surface area (Å²) in [5, 5.41) is 9.20. The van der Waals surface area contributed by atoms with Gasteiger partial charge in [0.1, 0.15) is 5.82 Å². The molecule has 0 aromatic carbocycles. The van der Waals surface area contributed by atoms with Crippen LogP contribution in [0.4, 0.5) is 5.82 Å². The number of nitrogens with zero attached hydrogens (tertiary/aromatic N) is 2. The number of carbonyl (C=O) groups is 1. The molecule has 0 spiro atoms. The Labute approximate surface area is 109 Å². The van der Waals surface area contributed by atoms with Crippen molar-refractivity contribution < 1.29 is 14.6 Å². The standard InChI is InChI=1S/C12H15N3O4/c16-11-8(12(17)18)10(15-3-5-19-6-4-15)13-9(14-11)7-1-2-7/h7H,1-6H2,(H,17,18)(H,13,14,16). The Hall–Kier alpha value is -1.89. The molecule has 1 saturated heterocycles. The Kier molecular flexibility index (Phi) is 2.98. The number of H-pyrrole nitrogens is 1. The molecule has 2 fully saturated rings. The summed E-state index contributed by atoms with van der Waals surface area (Å²) in [5.74, 6) is -0.0779. The molecule has 7 heteroatoms. The Morgan fingerprint density at radius 2 is 2.05 bits per heavy atom. The lowest BCUT2D eigenvalue weighted by Gasteiger charge is -2.28. The molecule has 0 radical (unpaired) electrons. The van der Waals surface area contributed by atoms with Gasteiger partial charge in [-0.3, -0.25) is 4.79 Å². The van der Waals surface area contributed by atoms with Crippen LogP contribution in [0, 0.1) is 0 Å². The molecule has 0 unspecified atom stereocenters. The summed E-state index contributed by atoms with van der Waals surface area (Å²) in [5.41, 5.74) is -0.836. The smallest absolute Gasteiger partial charge is 0.345 e. The first kappa shape index (κ1) is 12.2. The zero-order chi connectivity index (χ0) is 13.4. The van der Waals surface area contributed by atoms with Gasteiger partial charge in [-0.15, -0.1) is 0 Å². The quantitative estimate of drug-likeness (QED) is 0.809. The molecule has 1 aliphatic carbocycles. The maximum atomic E-state index is 11.9. The first-order valence-electron chi connectivity index (χ1n) is 6.37. The molecule has 102 valence electrons. The van der Waals surface area contributed by atoms with Gasteiger partial charge in [-0.05, 0) is 12.8 Å². The highest BCUT2D eigenvalue weighted by Gasteiger charge is 2.30. The Bertz CT molecular complexity index is 559. The highest BCUT2D eigenvalue weighted by molar-refractivity contribution is 5.92. The van der Waals surface area contributed by atoms with Gasteiger partial charge in [0.05, 0.1) is 13.2 Å². The summed E-state index contributed by atoms with van der Waals surface area (Å²) in [6, 6.07) is 0. The number of morpholine rings is 1. The van der Waals surface area contributed by atoms with Gasteiger partial charge in [-0.1, -0.05) is 0 Å². The van der Waals surface area contributed by atoms with Crippen LogP contribution in [0.15, 0.2) is 4.79 Å². The topological polar surface area (TPSA) is 95.5 Å². The highest BCUT2D eigenvalue weighted by atomic mass is 16.5. The highest BCUT2D eigenvalue weighted by Crippen LogP contribution is 2.38. The van der Waals surface area contributed by atoms with E-state index in [0.717, 1.165) is 12.8 Å². The average Bonchev–Trinajstić information content (AvgIpc) is 3.22. The van der Waals surface area contributed by atoms with Gasteiger partial charge >= 0.3 is 5.97 Å². The van der Waals surface area contributed by atoms with Crippen LogP contribution in [-0.2, 0) is 4.74 Å². The van der Waals surface area contributed by atoms with Crippen molar-refractivity contribution in [3.8, 4) is 0 Å². The number of ether oxygens (including phenoxy) is 1. The van der Waals surface area contributed by atoms with Gasteiger partial charge in [-0.25, -0.2) is 9.78 Å². The van der Waals surface area contributed by atoms with Crippen molar-refractivity contribution in [1.29, 1.82) is 0 Å². The summed E-state index contributed by atoms with van der Waals surface area (Å²) >= 11 is 0. The Morgan fingerprint density at radius 3 is 2.63 bits per heavy atom. The molecule has 2 aliphatic rings. The van der Waals surface area contributed by atoms with Crippen molar-refractivity contribution in [3.63, 3.8) is 0 Å². The number of rotatable bonds is 3.